The predicted molar refractivity (Wildman–Crippen MR) is 81.4 cm³/mol. The van der Waals surface area contributed by atoms with Crippen LogP contribution >= 0.6 is 23.1 Å². The Morgan fingerprint density at radius 3 is 2.80 bits per heavy atom. The lowest BCUT2D eigenvalue weighted by Crippen LogP contribution is -2.48. The number of ether oxygens (including phenoxy) is 1. The van der Waals surface area contributed by atoms with Gasteiger partial charge in [0.25, 0.3) is 0 Å². The first-order chi connectivity index (χ1) is 9.58. The summed E-state index contributed by atoms with van der Waals surface area (Å²) in [6, 6.07) is 0. The van der Waals surface area contributed by atoms with Crippen molar-refractivity contribution in [2.24, 2.45) is 0 Å². The van der Waals surface area contributed by atoms with Gasteiger partial charge in [0.05, 0.1) is 18.0 Å². The first-order valence-electron chi connectivity index (χ1n) is 6.72. The predicted octanol–water partition coefficient (Wildman–Crippen LogP) is 1.70. The maximum Gasteiger partial charge on any atom is 0.233 e. The highest BCUT2D eigenvalue weighted by Gasteiger charge is 2.25. The second-order valence-electron chi connectivity index (χ2n) is 4.75. The van der Waals surface area contributed by atoms with Gasteiger partial charge in [-0.1, -0.05) is 23.1 Å². The molecule has 6 nitrogen and oxygen atoms in total. The molecule has 1 aromatic heterocycles. The summed E-state index contributed by atoms with van der Waals surface area (Å²) in [5.41, 5.74) is 0. The van der Waals surface area contributed by atoms with E-state index in [4.69, 9.17) is 4.74 Å². The lowest BCUT2D eigenvalue weighted by atomic mass is 10.2. The first kappa shape index (κ1) is 15.5. The number of morpholine rings is 1. The summed E-state index contributed by atoms with van der Waals surface area (Å²) in [5, 5.41) is 12.0. The molecule has 1 fully saturated rings. The molecule has 2 heterocycles. The fourth-order valence-corrected chi connectivity index (χ4v) is 3.81. The highest BCUT2D eigenvalue weighted by atomic mass is 32.2. The molecule has 1 aliphatic rings. The Bertz CT molecular complexity index is 444. The van der Waals surface area contributed by atoms with Gasteiger partial charge in [0, 0.05) is 19.6 Å². The van der Waals surface area contributed by atoms with E-state index in [-0.39, 0.29) is 18.1 Å². The van der Waals surface area contributed by atoms with Crippen LogP contribution in [0, 0.1) is 0 Å². The number of nitrogens with one attached hydrogen (secondary N) is 1. The van der Waals surface area contributed by atoms with Gasteiger partial charge >= 0.3 is 0 Å². The van der Waals surface area contributed by atoms with E-state index in [0.717, 1.165) is 16.0 Å². The average Bonchev–Trinajstić information content (AvgIpc) is 2.83. The van der Waals surface area contributed by atoms with Crippen LogP contribution in [0.4, 0.5) is 5.13 Å². The van der Waals surface area contributed by atoms with Crippen molar-refractivity contribution in [3.05, 3.63) is 0 Å². The largest absolute Gasteiger partial charge is 0.372 e. The monoisotopic (exact) mass is 316 g/mol. The summed E-state index contributed by atoms with van der Waals surface area (Å²) >= 11 is 2.93. The van der Waals surface area contributed by atoms with E-state index in [0.29, 0.717) is 18.8 Å². The number of rotatable bonds is 5. The minimum Gasteiger partial charge on any atom is -0.372 e. The lowest BCUT2D eigenvalue weighted by Gasteiger charge is -2.35. The summed E-state index contributed by atoms with van der Waals surface area (Å²) in [6.45, 7) is 8.16. The number of amides is 1. The quantitative estimate of drug-likeness (QED) is 0.834. The maximum absolute atomic E-state index is 12.2. The summed E-state index contributed by atoms with van der Waals surface area (Å²) < 4.78 is 6.45. The molecule has 0 spiro atoms. The highest BCUT2D eigenvalue weighted by molar-refractivity contribution is 8.01. The van der Waals surface area contributed by atoms with Crippen LogP contribution in [0.25, 0.3) is 0 Å². The van der Waals surface area contributed by atoms with Crippen LogP contribution in [-0.2, 0) is 9.53 Å². The van der Waals surface area contributed by atoms with Gasteiger partial charge in [-0.05, 0) is 20.8 Å². The number of thioether (sulfide) groups is 1. The Kier molecular flexibility index (Phi) is 5.62. The van der Waals surface area contributed by atoms with Crippen molar-refractivity contribution in [1.82, 2.24) is 15.1 Å². The van der Waals surface area contributed by atoms with Crippen molar-refractivity contribution >= 4 is 34.1 Å². The molecule has 1 aromatic rings. The molecular formula is C12H20N4O2S2. The number of nitrogens with zero attached hydrogens (tertiary/aromatic N) is 3. The normalized spacial score (nSPS) is 22.9. The molecule has 1 saturated heterocycles. The topological polar surface area (TPSA) is 67.4 Å². The minimum absolute atomic E-state index is 0.106. The van der Waals surface area contributed by atoms with Crippen molar-refractivity contribution in [3.8, 4) is 0 Å². The van der Waals surface area contributed by atoms with Crippen molar-refractivity contribution in [3.63, 3.8) is 0 Å². The standard InChI is InChI=1S/C12H20N4O2S2/c1-4-13-11-14-15-12(20-11)19-7-10(17)16-5-8(2)18-9(3)6-16/h8-9H,4-7H2,1-3H3,(H,13,14)/t8-,9+. The molecule has 0 unspecified atom stereocenters. The minimum atomic E-state index is 0.106. The number of carbonyl (C=O) groups is 1. The van der Waals surface area contributed by atoms with E-state index < -0.39 is 0 Å². The third-order valence-corrected chi connectivity index (χ3v) is 4.82. The molecule has 0 aliphatic carbocycles. The van der Waals surface area contributed by atoms with Crippen molar-refractivity contribution < 1.29 is 9.53 Å². The van der Waals surface area contributed by atoms with Crippen LogP contribution in [0.2, 0.25) is 0 Å². The molecule has 2 rings (SSSR count). The molecule has 1 N–H and O–H groups in total. The van der Waals surface area contributed by atoms with Gasteiger partial charge < -0.3 is 15.0 Å². The van der Waals surface area contributed by atoms with Crippen molar-refractivity contribution in [2.75, 3.05) is 30.7 Å². The third-order valence-electron chi connectivity index (χ3n) is 2.83. The number of hydrogen-bond acceptors (Lipinski definition) is 7. The van der Waals surface area contributed by atoms with Crippen LogP contribution in [0.1, 0.15) is 20.8 Å². The highest BCUT2D eigenvalue weighted by Crippen LogP contribution is 2.25. The summed E-state index contributed by atoms with van der Waals surface area (Å²) in [5.74, 6) is 0.539. The molecular weight excluding hydrogens is 296 g/mol. The van der Waals surface area contributed by atoms with E-state index in [9.17, 15) is 4.79 Å². The molecule has 0 radical (unpaired) electrons. The van der Waals surface area contributed by atoms with Gasteiger partial charge in [-0.25, -0.2) is 0 Å². The number of anilines is 1. The van der Waals surface area contributed by atoms with Gasteiger partial charge in [0.15, 0.2) is 4.34 Å². The van der Waals surface area contributed by atoms with Crippen LogP contribution in [-0.4, -0.2) is 58.6 Å². The molecule has 1 aliphatic heterocycles. The number of hydrogen-bond donors (Lipinski definition) is 1. The fourth-order valence-electron chi connectivity index (χ4n) is 2.09. The van der Waals surface area contributed by atoms with E-state index in [1.54, 1.807) is 0 Å². The van der Waals surface area contributed by atoms with E-state index in [1.807, 2.05) is 25.7 Å². The molecule has 0 aromatic carbocycles. The zero-order chi connectivity index (χ0) is 14.5. The number of aromatic nitrogens is 2. The Hall–Kier alpha value is -0.860. The van der Waals surface area contributed by atoms with Crippen LogP contribution in [0.5, 0.6) is 0 Å². The zero-order valence-corrected chi connectivity index (χ0v) is 13.6. The summed E-state index contributed by atoms with van der Waals surface area (Å²) in [6.07, 6.45) is 0.212. The Morgan fingerprint density at radius 1 is 1.45 bits per heavy atom. The van der Waals surface area contributed by atoms with Gasteiger partial charge in [0.2, 0.25) is 11.0 Å². The molecule has 0 bridgehead atoms. The third kappa shape index (κ3) is 4.32. The zero-order valence-electron chi connectivity index (χ0n) is 12.0. The van der Waals surface area contributed by atoms with Crippen molar-refractivity contribution in [1.29, 1.82) is 0 Å². The fraction of sp³-hybridized carbons (Fsp3) is 0.750. The van der Waals surface area contributed by atoms with Crippen LogP contribution < -0.4 is 5.32 Å². The molecule has 0 saturated carbocycles. The SMILES string of the molecule is CCNc1nnc(SCC(=O)N2C[C@@H](C)O[C@@H](C)C2)s1. The van der Waals surface area contributed by atoms with Gasteiger partial charge in [-0.2, -0.15) is 0 Å². The van der Waals surface area contributed by atoms with Crippen LogP contribution in [0.15, 0.2) is 4.34 Å². The molecule has 2 atom stereocenters. The Labute approximate surface area is 127 Å². The van der Waals surface area contributed by atoms with E-state index >= 15 is 0 Å². The second kappa shape index (κ2) is 7.24. The molecule has 20 heavy (non-hydrogen) atoms. The first-order valence-corrected chi connectivity index (χ1v) is 8.52. The van der Waals surface area contributed by atoms with Crippen LogP contribution in [0.3, 0.4) is 0 Å². The smallest absolute Gasteiger partial charge is 0.233 e. The summed E-state index contributed by atoms with van der Waals surface area (Å²) in [4.78, 5) is 14.1. The molecule has 1 amide bonds. The Morgan fingerprint density at radius 2 is 2.15 bits per heavy atom. The number of carbonyl (C=O) groups excluding carboxylic acids is 1. The average molecular weight is 316 g/mol. The Balaban J connectivity index is 1.81. The maximum atomic E-state index is 12.2. The lowest BCUT2D eigenvalue weighted by molar-refractivity contribution is -0.140. The van der Waals surface area contributed by atoms with E-state index in [2.05, 4.69) is 15.5 Å². The van der Waals surface area contributed by atoms with Crippen molar-refractivity contribution in [2.45, 2.75) is 37.3 Å². The van der Waals surface area contributed by atoms with E-state index in [1.165, 1.54) is 23.1 Å². The molecule has 112 valence electrons. The summed E-state index contributed by atoms with van der Waals surface area (Å²) in [7, 11) is 0. The second-order valence-corrected chi connectivity index (χ2v) is 6.95. The van der Waals surface area contributed by atoms with Gasteiger partial charge in [0.1, 0.15) is 0 Å². The van der Waals surface area contributed by atoms with Gasteiger partial charge in [-0.15, -0.1) is 10.2 Å². The molecule has 8 heteroatoms. The van der Waals surface area contributed by atoms with Gasteiger partial charge in [-0.3, -0.25) is 4.79 Å².